The van der Waals surface area contributed by atoms with Gasteiger partial charge in [0.25, 0.3) is 0 Å². The minimum absolute atomic E-state index is 0.0473. The van der Waals surface area contributed by atoms with Crippen molar-refractivity contribution in [2.75, 3.05) is 0 Å². The molecule has 0 atom stereocenters. The maximum atomic E-state index is 10.9. The molecule has 6 heteroatoms. The van der Waals surface area contributed by atoms with Crippen molar-refractivity contribution in [3.05, 3.63) is 48.3 Å². The van der Waals surface area contributed by atoms with Crippen LogP contribution in [0.3, 0.4) is 0 Å². The van der Waals surface area contributed by atoms with Crippen LogP contribution in [-0.4, -0.2) is 21.0 Å². The van der Waals surface area contributed by atoms with Gasteiger partial charge in [-0.25, -0.2) is 14.8 Å². The number of benzene rings is 1. The molecule has 0 saturated carbocycles. The van der Waals surface area contributed by atoms with Gasteiger partial charge in [0, 0.05) is 11.1 Å². The molecule has 3 aromatic rings. The second kappa shape index (κ2) is 4.99. The lowest BCUT2D eigenvalue weighted by atomic mass is 10.3. The smallest absolute Gasteiger partial charge is 0.354 e. The maximum absolute atomic E-state index is 10.9. The molecule has 0 radical (unpaired) electrons. The van der Waals surface area contributed by atoms with Crippen LogP contribution in [0.4, 0.5) is 0 Å². The molecular weight excluding hydrogens is 280 g/mol. The number of para-hydroxylation sites is 1. The highest BCUT2D eigenvalue weighted by Gasteiger charge is 2.08. The van der Waals surface area contributed by atoms with Crippen LogP contribution in [0.15, 0.2) is 51.8 Å². The van der Waals surface area contributed by atoms with Gasteiger partial charge >= 0.3 is 5.97 Å². The molecule has 2 aromatic heterocycles. The molecule has 0 bridgehead atoms. The Hall–Kier alpha value is -1.92. The van der Waals surface area contributed by atoms with Gasteiger partial charge in [-0.2, -0.15) is 0 Å². The van der Waals surface area contributed by atoms with E-state index in [9.17, 15) is 4.79 Å². The highest BCUT2D eigenvalue weighted by molar-refractivity contribution is 8.01. The van der Waals surface area contributed by atoms with Gasteiger partial charge in [0.2, 0.25) is 0 Å². The number of thiazole rings is 1. The zero-order chi connectivity index (χ0) is 13.2. The van der Waals surface area contributed by atoms with E-state index >= 15 is 0 Å². The van der Waals surface area contributed by atoms with Crippen LogP contribution in [0.5, 0.6) is 0 Å². The second-order valence-corrected chi connectivity index (χ2v) is 6.08. The predicted octanol–water partition coefficient (Wildman–Crippen LogP) is 3.54. The number of carbonyl (C=O) groups is 1. The first kappa shape index (κ1) is 12.1. The minimum Gasteiger partial charge on any atom is -0.477 e. The number of rotatable bonds is 3. The molecule has 0 aliphatic heterocycles. The summed E-state index contributed by atoms with van der Waals surface area (Å²) < 4.78 is 2.02. The minimum atomic E-state index is -1.02. The Labute approximate surface area is 117 Å². The van der Waals surface area contributed by atoms with Crippen LogP contribution in [0.2, 0.25) is 0 Å². The first-order valence-corrected chi connectivity index (χ1v) is 7.08. The number of aromatic nitrogens is 2. The van der Waals surface area contributed by atoms with E-state index in [1.54, 1.807) is 23.5 Å². The van der Waals surface area contributed by atoms with Crippen molar-refractivity contribution in [3.8, 4) is 0 Å². The van der Waals surface area contributed by atoms with E-state index in [4.69, 9.17) is 5.11 Å². The summed E-state index contributed by atoms with van der Waals surface area (Å²) in [6, 6.07) is 11.2. The summed E-state index contributed by atoms with van der Waals surface area (Å²) >= 11 is 3.04. The van der Waals surface area contributed by atoms with E-state index in [0.717, 1.165) is 19.5 Å². The van der Waals surface area contributed by atoms with E-state index in [1.807, 2.05) is 24.3 Å². The average molecular weight is 288 g/mol. The van der Waals surface area contributed by atoms with Crippen LogP contribution in [0.25, 0.3) is 10.2 Å². The monoisotopic (exact) mass is 288 g/mol. The first-order chi connectivity index (χ1) is 9.22. The lowest BCUT2D eigenvalue weighted by molar-refractivity contribution is 0.0690. The largest absolute Gasteiger partial charge is 0.477 e. The SMILES string of the molecule is O=C(O)c1cc(Sc2nc3ccccc3s2)ccn1. The Balaban J connectivity index is 1.92. The van der Waals surface area contributed by atoms with E-state index in [0.29, 0.717) is 0 Å². The molecule has 0 unspecified atom stereocenters. The fourth-order valence-corrected chi connectivity index (χ4v) is 3.65. The van der Waals surface area contributed by atoms with Crippen molar-refractivity contribution in [2.45, 2.75) is 9.24 Å². The number of aromatic carboxylic acids is 1. The van der Waals surface area contributed by atoms with Crippen molar-refractivity contribution < 1.29 is 9.90 Å². The van der Waals surface area contributed by atoms with Crippen molar-refractivity contribution in [3.63, 3.8) is 0 Å². The molecule has 1 aromatic carbocycles. The summed E-state index contributed by atoms with van der Waals surface area (Å²) in [6.07, 6.45) is 1.50. The zero-order valence-corrected chi connectivity index (χ0v) is 11.2. The van der Waals surface area contributed by atoms with Crippen molar-refractivity contribution in [1.29, 1.82) is 0 Å². The fourth-order valence-electron chi connectivity index (χ4n) is 1.59. The number of carboxylic acid groups (broad SMARTS) is 1. The van der Waals surface area contributed by atoms with Crippen molar-refractivity contribution in [2.24, 2.45) is 0 Å². The first-order valence-electron chi connectivity index (χ1n) is 5.45. The normalized spacial score (nSPS) is 10.7. The standard InChI is InChI=1S/C13H8N2O2S2/c16-12(17)10-7-8(5-6-14-10)18-13-15-9-3-1-2-4-11(9)19-13/h1-7H,(H,16,17). The summed E-state index contributed by atoms with van der Waals surface area (Å²) in [6.45, 7) is 0. The van der Waals surface area contributed by atoms with Gasteiger partial charge in [-0.15, -0.1) is 11.3 Å². The van der Waals surface area contributed by atoms with Crippen LogP contribution >= 0.6 is 23.1 Å². The molecular formula is C13H8N2O2S2. The average Bonchev–Trinajstić information content (AvgIpc) is 2.81. The van der Waals surface area contributed by atoms with Gasteiger partial charge in [0.15, 0.2) is 4.34 Å². The third-order valence-corrected chi connectivity index (χ3v) is 4.52. The molecule has 0 saturated heterocycles. The molecule has 0 amide bonds. The van der Waals surface area contributed by atoms with E-state index in [-0.39, 0.29) is 5.69 Å². The molecule has 0 aliphatic rings. The molecule has 3 rings (SSSR count). The highest BCUT2D eigenvalue weighted by Crippen LogP contribution is 2.34. The topological polar surface area (TPSA) is 63.1 Å². The van der Waals surface area contributed by atoms with E-state index in [2.05, 4.69) is 9.97 Å². The quantitative estimate of drug-likeness (QED) is 0.798. The van der Waals surface area contributed by atoms with E-state index in [1.165, 1.54) is 18.0 Å². The number of pyridine rings is 1. The lowest BCUT2D eigenvalue weighted by Crippen LogP contribution is -1.99. The summed E-state index contributed by atoms with van der Waals surface area (Å²) in [5, 5.41) is 8.90. The summed E-state index contributed by atoms with van der Waals surface area (Å²) in [5.74, 6) is -1.02. The van der Waals surface area contributed by atoms with Gasteiger partial charge in [-0.05, 0) is 24.3 Å². The van der Waals surface area contributed by atoms with Gasteiger partial charge in [-0.3, -0.25) is 0 Å². The maximum Gasteiger partial charge on any atom is 0.354 e. The summed E-state index contributed by atoms with van der Waals surface area (Å²) in [4.78, 5) is 20.0. The molecule has 1 N–H and O–H groups in total. The van der Waals surface area contributed by atoms with Crippen LogP contribution in [-0.2, 0) is 0 Å². The number of hydrogen-bond donors (Lipinski definition) is 1. The number of fused-ring (bicyclic) bond motifs is 1. The van der Waals surface area contributed by atoms with Crippen LogP contribution < -0.4 is 0 Å². The fraction of sp³-hybridized carbons (Fsp3) is 0. The third-order valence-electron chi connectivity index (χ3n) is 2.43. The Morgan fingerprint density at radius 2 is 2.11 bits per heavy atom. The molecule has 4 nitrogen and oxygen atoms in total. The van der Waals surface area contributed by atoms with Crippen LogP contribution in [0.1, 0.15) is 10.5 Å². The van der Waals surface area contributed by atoms with Crippen molar-refractivity contribution in [1.82, 2.24) is 9.97 Å². The lowest BCUT2D eigenvalue weighted by Gasteiger charge is -1.98. The molecule has 0 spiro atoms. The molecule has 19 heavy (non-hydrogen) atoms. The second-order valence-electron chi connectivity index (χ2n) is 3.73. The molecule has 2 heterocycles. The summed E-state index contributed by atoms with van der Waals surface area (Å²) in [5.41, 5.74) is 1.01. The Morgan fingerprint density at radius 3 is 2.89 bits per heavy atom. The van der Waals surface area contributed by atoms with Gasteiger partial charge in [-0.1, -0.05) is 23.9 Å². The predicted molar refractivity (Wildman–Crippen MR) is 74.9 cm³/mol. The Bertz CT molecular complexity index is 722. The van der Waals surface area contributed by atoms with Crippen LogP contribution in [0, 0.1) is 0 Å². The molecule has 0 fully saturated rings. The van der Waals surface area contributed by atoms with Gasteiger partial charge in [0.1, 0.15) is 5.69 Å². The number of hydrogen-bond acceptors (Lipinski definition) is 5. The van der Waals surface area contributed by atoms with E-state index < -0.39 is 5.97 Å². The molecule has 94 valence electrons. The Morgan fingerprint density at radius 1 is 1.26 bits per heavy atom. The molecule has 0 aliphatic carbocycles. The third kappa shape index (κ3) is 2.59. The van der Waals surface area contributed by atoms with Gasteiger partial charge in [0.05, 0.1) is 10.2 Å². The number of nitrogens with zero attached hydrogens (tertiary/aromatic N) is 2. The zero-order valence-electron chi connectivity index (χ0n) is 9.61. The van der Waals surface area contributed by atoms with Gasteiger partial charge < -0.3 is 5.11 Å². The highest BCUT2D eigenvalue weighted by atomic mass is 32.2. The van der Waals surface area contributed by atoms with Crippen molar-refractivity contribution >= 4 is 39.3 Å². The number of carboxylic acids is 1. The summed E-state index contributed by atoms with van der Waals surface area (Å²) in [7, 11) is 0. The Kier molecular flexibility index (Phi) is 3.18.